The van der Waals surface area contributed by atoms with Gasteiger partial charge in [-0.05, 0) is 30.9 Å². The minimum atomic E-state index is 0. The lowest BCUT2D eigenvalue weighted by Gasteiger charge is -2.19. The van der Waals surface area contributed by atoms with E-state index in [1.165, 1.54) is 0 Å². The lowest BCUT2D eigenvalue weighted by atomic mass is 9.96. The zero-order valence-electron chi connectivity index (χ0n) is 6.96. The van der Waals surface area contributed by atoms with Crippen molar-refractivity contribution in [2.45, 2.75) is 24.6 Å². The van der Waals surface area contributed by atoms with E-state index in [9.17, 15) is 0 Å². The molecule has 0 bridgehead atoms. The van der Waals surface area contributed by atoms with Crippen LogP contribution in [0.25, 0.3) is 0 Å². The predicted octanol–water partition coefficient (Wildman–Crippen LogP) is 3.77. The van der Waals surface area contributed by atoms with Crippen molar-refractivity contribution in [3.63, 3.8) is 0 Å². The molecule has 1 aliphatic rings. The molecule has 1 aromatic heterocycles. The van der Waals surface area contributed by atoms with Crippen LogP contribution in [0.2, 0.25) is 5.02 Å². The molecule has 1 unspecified atom stereocenters. The maximum Gasteiger partial charge on any atom is 0.0760 e. The minimum Gasteiger partial charge on any atom is -0.259 e. The summed E-state index contributed by atoms with van der Waals surface area (Å²) in [6, 6.07) is 1.83. The average molecular weight is 239 g/mol. The van der Waals surface area contributed by atoms with Gasteiger partial charge in [0.2, 0.25) is 0 Å². The Labute approximate surface area is 93.9 Å². The van der Waals surface area contributed by atoms with E-state index < -0.39 is 0 Å². The van der Waals surface area contributed by atoms with Crippen LogP contribution in [0.3, 0.4) is 0 Å². The fourth-order valence-corrected chi connectivity index (χ4v) is 2.19. The molecule has 1 atom stereocenters. The van der Waals surface area contributed by atoms with Crippen molar-refractivity contribution in [1.29, 1.82) is 0 Å². The molecule has 0 fully saturated rings. The van der Waals surface area contributed by atoms with Gasteiger partial charge in [-0.1, -0.05) is 11.6 Å². The molecule has 0 spiro atoms. The van der Waals surface area contributed by atoms with Crippen LogP contribution in [0.5, 0.6) is 0 Å². The molecule has 0 amide bonds. The molecule has 1 heterocycles. The Morgan fingerprint density at radius 1 is 1.46 bits per heavy atom. The van der Waals surface area contributed by atoms with Gasteiger partial charge >= 0.3 is 0 Å². The third kappa shape index (κ3) is 2.09. The molecule has 72 valence electrons. The van der Waals surface area contributed by atoms with Crippen LogP contribution in [0.4, 0.5) is 0 Å². The molecule has 0 saturated carbocycles. The highest BCUT2D eigenvalue weighted by atomic mass is 35.5. The topological polar surface area (TPSA) is 12.9 Å². The molecular weight excluding hydrogens is 228 g/mol. The molecule has 0 radical (unpaired) electrons. The first-order chi connectivity index (χ1) is 5.79. The third-order valence-corrected chi connectivity index (χ3v) is 2.99. The second-order valence-corrected chi connectivity index (χ2v) is 3.95. The predicted molar refractivity (Wildman–Crippen MR) is 58.0 cm³/mol. The molecule has 0 saturated heterocycles. The van der Waals surface area contributed by atoms with Gasteiger partial charge in [-0.2, -0.15) is 0 Å². The molecule has 4 heteroatoms. The summed E-state index contributed by atoms with van der Waals surface area (Å²) in [5.74, 6) is 0. The summed E-state index contributed by atoms with van der Waals surface area (Å²) in [6.45, 7) is 0. The van der Waals surface area contributed by atoms with Crippen molar-refractivity contribution < 1.29 is 0 Å². The van der Waals surface area contributed by atoms with Gasteiger partial charge in [-0.3, -0.25) is 4.98 Å². The van der Waals surface area contributed by atoms with Gasteiger partial charge in [0, 0.05) is 11.2 Å². The first-order valence-electron chi connectivity index (χ1n) is 4.06. The van der Waals surface area contributed by atoms with E-state index in [0.717, 1.165) is 35.5 Å². The fraction of sp³-hybridized carbons (Fsp3) is 0.444. The highest BCUT2D eigenvalue weighted by Crippen LogP contribution is 2.35. The van der Waals surface area contributed by atoms with Crippen molar-refractivity contribution in [3.8, 4) is 0 Å². The first kappa shape index (κ1) is 11.1. The van der Waals surface area contributed by atoms with Gasteiger partial charge in [0.05, 0.1) is 11.1 Å². The smallest absolute Gasteiger partial charge is 0.0760 e. The van der Waals surface area contributed by atoms with Crippen LogP contribution in [0, 0.1) is 0 Å². The van der Waals surface area contributed by atoms with Crippen molar-refractivity contribution >= 4 is 35.6 Å². The summed E-state index contributed by atoms with van der Waals surface area (Å²) in [5.41, 5.74) is 2.13. The summed E-state index contributed by atoms with van der Waals surface area (Å²) >= 11 is 12.1. The molecule has 0 N–H and O–H groups in total. The lowest BCUT2D eigenvalue weighted by molar-refractivity contribution is 0.650. The molecule has 2 rings (SSSR count). The Balaban J connectivity index is 0.000000845. The molecular formula is C9H10Cl3N. The standard InChI is InChI=1S/C9H9Cl2N.ClH/c10-7-4-5-12-9-6(7)2-1-3-8(9)11;/h4-5,8H,1-3H2;1H. The second kappa shape index (κ2) is 4.50. The molecule has 1 aliphatic carbocycles. The van der Waals surface area contributed by atoms with Crippen LogP contribution in [-0.4, -0.2) is 4.98 Å². The molecule has 0 aromatic carbocycles. The van der Waals surface area contributed by atoms with Gasteiger partial charge in [0.25, 0.3) is 0 Å². The molecule has 1 nitrogen and oxygen atoms in total. The summed E-state index contributed by atoms with van der Waals surface area (Å²) in [6.07, 6.45) is 4.88. The van der Waals surface area contributed by atoms with Crippen molar-refractivity contribution in [2.75, 3.05) is 0 Å². The highest BCUT2D eigenvalue weighted by Gasteiger charge is 2.20. The monoisotopic (exact) mass is 237 g/mol. The van der Waals surface area contributed by atoms with Gasteiger partial charge in [0.1, 0.15) is 0 Å². The zero-order chi connectivity index (χ0) is 8.55. The van der Waals surface area contributed by atoms with Crippen LogP contribution < -0.4 is 0 Å². The van der Waals surface area contributed by atoms with E-state index in [4.69, 9.17) is 23.2 Å². The largest absolute Gasteiger partial charge is 0.259 e. The van der Waals surface area contributed by atoms with Gasteiger partial charge in [0.15, 0.2) is 0 Å². The van der Waals surface area contributed by atoms with Crippen LogP contribution >= 0.6 is 35.6 Å². The lowest BCUT2D eigenvalue weighted by Crippen LogP contribution is -2.07. The number of pyridine rings is 1. The molecule has 1 aromatic rings. The average Bonchev–Trinajstić information content (AvgIpc) is 2.07. The zero-order valence-corrected chi connectivity index (χ0v) is 9.29. The first-order valence-corrected chi connectivity index (χ1v) is 4.88. The summed E-state index contributed by atoms with van der Waals surface area (Å²) in [7, 11) is 0. The number of halogens is 3. The molecule has 0 aliphatic heterocycles. The Bertz CT molecular complexity index is 301. The van der Waals surface area contributed by atoms with Crippen molar-refractivity contribution in [1.82, 2.24) is 4.98 Å². The van der Waals surface area contributed by atoms with E-state index in [2.05, 4.69) is 4.98 Å². The normalized spacial score (nSPS) is 20.3. The maximum absolute atomic E-state index is 6.10. The second-order valence-electron chi connectivity index (χ2n) is 3.02. The number of hydrogen-bond donors (Lipinski definition) is 0. The highest BCUT2D eigenvalue weighted by molar-refractivity contribution is 6.31. The Morgan fingerprint density at radius 2 is 2.23 bits per heavy atom. The number of fused-ring (bicyclic) bond motifs is 1. The number of nitrogens with zero attached hydrogens (tertiary/aromatic N) is 1. The van der Waals surface area contributed by atoms with Crippen LogP contribution in [-0.2, 0) is 6.42 Å². The number of alkyl halides is 1. The summed E-state index contributed by atoms with van der Waals surface area (Å²) < 4.78 is 0. The number of aromatic nitrogens is 1. The summed E-state index contributed by atoms with van der Waals surface area (Å²) in [5, 5.41) is 0.873. The summed E-state index contributed by atoms with van der Waals surface area (Å²) in [4.78, 5) is 4.24. The van der Waals surface area contributed by atoms with Gasteiger partial charge in [-0.25, -0.2) is 0 Å². The van der Waals surface area contributed by atoms with Crippen LogP contribution in [0.15, 0.2) is 12.3 Å². The SMILES string of the molecule is Cl.Clc1ccnc2c1CCCC2Cl. The maximum atomic E-state index is 6.10. The number of hydrogen-bond acceptors (Lipinski definition) is 1. The van der Waals surface area contributed by atoms with E-state index in [0.29, 0.717) is 0 Å². The van der Waals surface area contributed by atoms with Crippen molar-refractivity contribution in [2.24, 2.45) is 0 Å². The van der Waals surface area contributed by atoms with Gasteiger partial charge in [-0.15, -0.1) is 24.0 Å². The Hall–Kier alpha value is 0.0200. The van der Waals surface area contributed by atoms with E-state index in [-0.39, 0.29) is 17.8 Å². The third-order valence-electron chi connectivity index (χ3n) is 2.21. The van der Waals surface area contributed by atoms with E-state index in [1.54, 1.807) is 6.20 Å². The van der Waals surface area contributed by atoms with Gasteiger partial charge < -0.3 is 0 Å². The number of rotatable bonds is 0. The van der Waals surface area contributed by atoms with E-state index in [1.807, 2.05) is 6.07 Å². The Kier molecular flexibility index (Phi) is 3.84. The minimum absolute atomic E-state index is 0. The van der Waals surface area contributed by atoms with Crippen molar-refractivity contribution in [3.05, 3.63) is 28.5 Å². The van der Waals surface area contributed by atoms with E-state index >= 15 is 0 Å². The Morgan fingerprint density at radius 3 is 2.92 bits per heavy atom. The van der Waals surface area contributed by atoms with Crippen LogP contribution in [0.1, 0.15) is 29.5 Å². The quantitative estimate of drug-likeness (QED) is 0.627. The fourth-order valence-electron chi connectivity index (χ4n) is 1.60. The molecule has 13 heavy (non-hydrogen) atoms.